The molecule has 0 radical (unpaired) electrons. The molecule has 0 unspecified atom stereocenters. The van der Waals surface area contributed by atoms with Gasteiger partial charge in [-0.2, -0.15) is 0 Å². The maximum absolute atomic E-state index is 13.3. The minimum absolute atomic E-state index is 0.305. The van der Waals surface area contributed by atoms with Gasteiger partial charge in [0, 0.05) is 26.3 Å². The maximum atomic E-state index is 13.3. The molecule has 0 heterocycles. The van der Waals surface area contributed by atoms with Crippen molar-refractivity contribution in [1.29, 1.82) is 0 Å². The number of hydrogen-bond donors (Lipinski definition) is 2. The third-order valence-corrected chi connectivity index (χ3v) is 3.04. The molecule has 0 aliphatic carbocycles. The smallest absolute Gasteiger partial charge is 0.139 e. The van der Waals surface area contributed by atoms with Gasteiger partial charge >= 0.3 is 0 Å². The predicted molar refractivity (Wildman–Crippen MR) is 72.7 cm³/mol. The molecule has 0 aliphatic heterocycles. The van der Waals surface area contributed by atoms with Crippen molar-refractivity contribution in [2.75, 3.05) is 31.3 Å². The van der Waals surface area contributed by atoms with Crippen LogP contribution in [0.15, 0.2) is 16.6 Å². The van der Waals surface area contributed by atoms with E-state index in [0.29, 0.717) is 15.8 Å². The number of nitrogens with one attached hydrogen (secondary N) is 1. The highest BCUT2D eigenvalue weighted by Gasteiger charge is 2.05. The molecule has 5 heteroatoms. The standard InChI is InChI=1S/C12H18BrFN2O/c1-17-6-4-2-3-5-16-12-8-10(14)9(13)7-11(12)15/h7-8,16H,2-6,15H2,1H3. The third-order valence-electron chi connectivity index (χ3n) is 2.43. The van der Waals surface area contributed by atoms with E-state index in [2.05, 4.69) is 21.2 Å². The summed E-state index contributed by atoms with van der Waals surface area (Å²) < 4.78 is 18.6. The highest BCUT2D eigenvalue weighted by Crippen LogP contribution is 2.26. The molecule has 0 amide bonds. The van der Waals surface area contributed by atoms with Gasteiger partial charge in [-0.3, -0.25) is 0 Å². The quantitative estimate of drug-likeness (QED) is 0.599. The maximum Gasteiger partial charge on any atom is 0.139 e. The summed E-state index contributed by atoms with van der Waals surface area (Å²) in [6.45, 7) is 1.57. The van der Waals surface area contributed by atoms with Gasteiger partial charge < -0.3 is 15.8 Å². The topological polar surface area (TPSA) is 47.3 Å². The van der Waals surface area contributed by atoms with Crippen molar-refractivity contribution in [1.82, 2.24) is 0 Å². The molecule has 0 atom stereocenters. The highest BCUT2D eigenvalue weighted by molar-refractivity contribution is 9.10. The molecule has 1 aromatic carbocycles. The van der Waals surface area contributed by atoms with E-state index in [-0.39, 0.29) is 5.82 Å². The lowest BCUT2D eigenvalue weighted by Crippen LogP contribution is -2.05. The van der Waals surface area contributed by atoms with E-state index in [0.717, 1.165) is 32.4 Å². The van der Waals surface area contributed by atoms with E-state index in [1.165, 1.54) is 6.07 Å². The van der Waals surface area contributed by atoms with Crippen molar-refractivity contribution < 1.29 is 9.13 Å². The highest BCUT2D eigenvalue weighted by atomic mass is 79.9. The first-order chi connectivity index (χ1) is 8.15. The molecule has 1 rings (SSSR count). The fourth-order valence-electron chi connectivity index (χ4n) is 1.49. The second-order valence-corrected chi connectivity index (χ2v) is 4.69. The van der Waals surface area contributed by atoms with Crippen molar-refractivity contribution in [3.8, 4) is 0 Å². The molecule has 0 bridgehead atoms. The zero-order valence-electron chi connectivity index (χ0n) is 9.93. The van der Waals surface area contributed by atoms with Crippen LogP contribution in [-0.4, -0.2) is 20.3 Å². The molecule has 0 fully saturated rings. The Morgan fingerprint density at radius 1 is 1.35 bits per heavy atom. The summed E-state index contributed by atoms with van der Waals surface area (Å²) in [5.41, 5.74) is 6.98. The Kier molecular flexibility index (Phi) is 6.29. The summed E-state index contributed by atoms with van der Waals surface area (Å²) in [6.07, 6.45) is 3.14. The third kappa shape index (κ3) is 4.91. The average Bonchev–Trinajstić information content (AvgIpc) is 2.30. The van der Waals surface area contributed by atoms with Crippen LogP contribution in [0.5, 0.6) is 0 Å². The average molecular weight is 305 g/mol. The van der Waals surface area contributed by atoms with E-state index in [4.69, 9.17) is 10.5 Å². The number of unbranched alkanes of at least 4 members (excludes halogenated alkanes) is 2. The summed E-state index contributed by atoms with van der Waals surface area (Å²) in [5, 5.41) is 3.13. The molecule has 3 N–H and O–H groups in total. The van der Waals surface area contributed by atoms with Crippen LogP contribution in [0, 0.1) is 5.82 Å². The Morgan fingerprint density at radius 3 is 2.82 bits per heavy atom. The fourth-order valence-corrected chi connectivity index (χ4v) is 1.85. The number of anilines is 2. The van der Waals surface area contributed by atoms with Crippen LogP contribution in [0.4, 0.5) is 15.8 Å². The molecule has 0 saturated carbocycles. The van der Waals surface area contributed by atoms with Crippen molar-refractivity contribution in [2.45, 2.75) is 19.3 Å². The Hall–Kier alpha value is -0.810. The normalized spacial score (nSPS) is 10.5. The van der Waals surface area contributed by atoms with Crippen molar-refractivity contribution >= 4 is 27.3 Å². The first-order valence-electron chi connectivity index (χ1n) is 5.62. The van der Waals surface area contributed by atoms with Gasteiger partial charge in [-0.15, -0.1) is 0 Å². The van der Waals surface area contributed by atoms with Gasteiger partial charge in [0.1, 0.15) is 5.82 Å². The Labute approximate surface area is 110 Å². The van der Waals surface area contributed by atoms with Crippen LogP contribution >= 0.6 is 15.9 Å². The molecule has 17 heavy (non-hydrogen) atoms. The minimum atomic E-state index is -0.305. The van der Waals surface area contributed by atoms with Crippen LogP contribution in [0.3, 0.4) is 0 Å². The number of methoxy groups -OCH3 is 1. The zero-order chi connectivity index (χ0) is 12.7. The number of halogens is 2. The van der Waals surface area contributed by atoms with Gasteiger partial charge in [-0.1, -0.05) is 0 Å². The summed E-state index contributed by atoms with van der Waals surface area (Å²) in [4.78, 5) is 0. The monoisotopic (exact) mass is 304 g/mol. The van der Waals surface area contributed by atoms with E-state index < -0.39 is 0 Å². The van der Waals surface area contributed by atoms with E-state index in [1.807, 2.05) is 0 Å². The molecular weight excluding hydrogens is 287 g/mol. The van der Waals surface area contributed by atoms with E-state index >= 15 is 0 Å². The molecule has 0 spiro atoms. The van der Waals surface area contributed by atoms with Gasteiger partial charge in [0.2, 0.25) is 0 Å². The lowest BCUT2D eigenvalue weighted by molar-refractivity contribution is 0.192. The van der Waals surface area contributed by atoms with Gasteiger partial charge in [0.15, 0.2) is 0 Å². The van der Waals surface area contributed by atoms with Crippen molar-refractivity contribution in [3.63, 3.8) is 0 Å². The summed E-state index contributed by atoms with van der Waals surface area (Å²) in [5.74, 6) is -0.305. The van der Waals surface area contributed by atoms with Crippen molar-refractivity contribution in [3.05, 3.63) is 22.4 Å². The Balaban J connectivity index is 2.34. The Morgan fingerprint density at radius 2 is 2.12 bits per heavy atom. The minimum Gasteiger partial charge on any atom is -0.397 e. The molecule has 1 aromatic rings. The van der Waals surface area contributed by atoms with Gasteiger partial charge in [-0.05, 0) is 41.3 Å². The van der Waals surface area contributed by atoms with Gasteiger partial charge in [-0.25, -0.2) is 4.39 Å². The molecule has 0 saturated heterocycles. The number of benzene rings is 1. The molecule has 3 nitrogen and oxygen atoms in total. The van der Waals surface area contributed by atoms with E-state index in [1.54, 1.807) is 13.2 Å². The Bertz CT molecular complexity index is 361. The van der Waals surface area contributed by atoms with Crippen LogP contribution in [-0.2, 0) is 4.74 Å². The zero-order valence-corrected chi connectivity index (χ0v) is 11.5. The first kappa shape index (κ1) is 14.3. The van der Waals surface area contributed by atoms with E-state index in [9.17, 15) is 4.39 Å². The van der Waals surface area contributed by atoms with Crippen LogP contribution in [0.2, 0.25) is 0 Å². The van der Waals surface area contributed by atoms with Crippen molar-refractivity contribution in [2.24, 2.45) is 0 Å². The predicted octanol–water partition coefficient (Wildman–Crippen LogP) is 3.40. The van der Waals surface area contributed by atoms with Crippen LogP contribution < -0.4 is 11.1 Å². The molecule has 0 aromatic heterocycles. The number of ether oxygens (including phenoxy) is 1. The lowest BCUT2D eigenvalue weighted by Gasteiger charge is -2.10. The number of nitrogen functional groups attached to an aromatic ring is 1. The van der Waals surface area contributed by atoms with Gasteiger partial charge in [0.05, 0.1) is 15.8 Å². The fraction of sp³-hybridized carbons (Fsp3) is 0.500. The lowest BCUT2D eigenvalue weighted by atomic mass is 10.2. The summed E-state index contributed by atoms with van der Waals surface area (Å²) >= 11 is 3.09. The SMILES string of the molecule is COCCCCCNc1cc(F)c(Br)cc1N. The largest absolute Gasteiger partial charge is 0.397 e. The van der Waals surface area contributed by atoms with Crippen LogP contribution in [0.1, 0.15) is 19.3 Å². The second kappa shape index (κ2) is 7.50. The first-order valence-corrected chi connectivity index (χ1v) is 6.41. The number of hydrogen-bond acceptors (Lipinski definition) is 3. The van der Waals surface area contributed by atoms with Gasteiger partial charge in [0.25, 0.3) is 0 Å². The number of rotatable bonds is 7. The second-order valence-electron chi connectivity index (χ2n) is 3.83. The molecular formula is C12H18BrFN2O. The molecule has 0 aliphatic rings. The molecule has 96 valence electrons. The summed E-state index contributed by atoms with van der Waals surface area (Å²) in [7, 11) is 1.70. The number of nitrogens with two attached hydrogens (primary N) is 1. The van der Waals surface area contributed by atoms with Crippen LogP contribution in [0.25, 0.3) is 0 Å². The summed E-state index contributed by atoms with van der Waals surface area (Å²) in [6, 6.07) is 2.98.